The second-order valence-electron chi connectivity index (χ2n) is 12.7. The number of nitrogens with zero attached hydrogens (tertiary/aromatic N) is 2. The first-order valence-corrected chi connectivity index (χ1v) is 17.2. The molecule has 52 heavy (non-hydrogen) atoms. The average Bonchev–Trinajstić information content (AvgIpc) is 3.14. The Hall–Kier alpha value is -5.23. The van der Waals surface area contributed by atoms with Crippen molar-refractivity contribution in [3.63, 3.8) is 0 Å². The summed E-state index contributed by atoms with van der Waals surface area (Å²) in [5.41, 5.74) is 3.04. The van der Waals surface area contributed by atoms with Crippen molar-refractivity contribution < 1.29 is 48.0 Å². The molecule has 11 nitrogen and oxygen atoms in total. The van der Waals surface area contributed by atoms with Gasteiger partial charge in [0.15, 0.2) is 55.2 Å². The minimum atomic E-state index is -1.65. The lowest BCUT2D eigenvalue weighted by Crippen LogP contribution is -2.43. The second-order valence-corrected chi connectivity index (χ2v) is 12.7. The molecule has 1 unspecified atom stereocenters. The lowest BCUT2D eigenvalue weighted by Gasteiger charge is -2.17. The molecule has 0 bridgehead atoms. The van der Waals surface area contributed by atoms with Crippen LogP contribution in [0.25, 0.3) is 0 Å². The molecule has 0 fully saturated rings. The maximum absolute atomic E-state index is 13.5. The molecule has 0 saturated carbocycles. The number of benzene rings is 2. The molecule has 1 atom stereocenters. The Bertz CT molecular complexity index is 1880. The number of pyridine rings is 2. The largest absolute Gasteiger partial charge is 0.569 e. The number of ketones is 3. The van der Waals surface area contributed by atoms with E-state index in [4.69, 9.17) is 9.68 Å². The molecule has 4 aromatic rings. The summed E-state index contributed by atoms with van der Waals surface area (Å²) in [6.07, 6.45) is 9.32. The van der Waals surface area contributed by atoms with Gasteiger partial charge < -0.3 is 25.0 Å². The zero-order valence-corrected chi connectivity index (χ0v) is 29.3. The van der Waals surface area contributed by atoms with Gasteiger partial charge in [-0.05, 0) is 61.5 Å². The second kappa shape index (κ2) is 20.0. The molecule has 0 saturated heterocycles. The molecule has 0 spiro atoms. The number of rotatable bonds is 21. The Morgan fingerprint density at radius 1 is 0.808 bits per heavy atom. The van der Waals surface area contributed by atoms with Gasteiger partial charge in [0.1, 0.15) is 11.3 Å². The molecule has 1 radical (unpaired) electrons. The highest BCUT2D eigenvalue weighted by Gasteiger charge is 2.25. The van der Waals surface area contributed by atoms with Crippen molar-refractivity contribution in [3.05, 3.63) is 132 Å². The van der Waals surface area contributed by atoms with Crippen LogP contribution in [0.3, 0.4) is 0 Å². The third-order valence-corrected chi connectivity index (χ3v) is 8.65. The molecule has 13 heteroatoms. The van der Waals surface area contributed by atoms with Crippen LogP contribution in [0.15, 0.2) is 110 Å². The van der Waals surface area contributed by atoms with Crippen LogP contribution in [-0.4, -0.2) is 59.2 Å². The monoisotopic (exact) mass is 704 g/mol. The van der Waals surface area contributed by atoms with Gasteiger partial charge in [-0.15, -0.1) is 0 Å². The number of allylic oxidation sites excluding steroid dienone is 1. The van der Waals surface area contributed by atoms with Crippen LogP contribution in [-0.2, 0) is 22.7 Å². The van der Waals surface area contributed by atoms with E-state index in [1.54, 1.807) is 90.7 Å². The number of Topliss-reactive ketones (excluding diaryl/α,β-unsaturated/α-hetero) is 3. The third kappa shape index (κ3) is 11.9. The molecule has 0 aliphatic heterocycles. The fourth-order valence-electron chi connectivity index (χ4n) is 5.79. The van der Waals surface area contributed by atoms with Crippen molar-refractivity contribution in [2.24, 2.45) is 0 Å². The van der Waals surface area contributed by atoms with Gasteiger partial charge in [0.05, 0.1) is 17.2 Å². The zero-order chi connectivity index (χ0) is 37.5. The van der Waals surface area contributed by atoms with Crippen molar-refractivity contribution in [1.29, 1.82) is 0 Å². The minimum Gasteiger partial charge on any atom is -0.537 e. The summed E-state index contributed by atoms with van der Waals surface area (Å²) in [4.78, 5) is 52.4. The molecule has 2 aromatic carbocycles. The minimum absolute atomic E-state index is 0.00203. The average molecular weight is 704 g/mol. The van der Waals surface area contributed by atoms with E-state index in [0.717, 1.165) is 5.56 Å². The first kappa shape index (κ1) is 39.6. The standard InChI is InChI=1S/C39H43B2N3O8/c1-28(2)35(45)17-4-3-5-18-37(47)34(42-39(48)32-15-11-23-43(27-32)24-29-12-6-8-16-33(29)41(50)51)20-21-36(46)30-14-10-22-44(25-30)26-31-13-7-9-19-38(31)52-40-49/h6-16,19,22-23,25,27,34,49-51H,1,3-5,17-18,20-21,24,26H2,2H3/q+1/p+1. The van der Waals surface area contributed by atoms with E-state index in [1.165, 1.54) is 0 Å². The quantitative estimate of drug-likeness (QED) is 0.0339. The number of aromatic nitrogens is 2. The highest BCUT2D eigenvalue weighted by Crippen LogP contribution is 2.17. The Morgan fingerprint density at radius 2 is 1.42 bits per heavy atom. The number of carbonyl (C=O) groups is 4. The molecule has 4 N–H and O–H groups in total. The van der Waals surface area contributed by atoms with Gasteiger partial charge >= 0.3 is 14.8 Å². The van der Waals surface area contributed by atoms with Crippen LogP contribution in [0.5, 0.6) is 5.75 Å². The summed E-state index contributed by atoms with van der Waals surface area (Å²) in [7, 11) is -1.03. The molecule has 4 rings (SSSR count). The molecular formula is C39H44B2N3O8+2. The van der Waals surface area contributed by atoms with Gasteiger partial charge in [0.2, 0.25) is 0 Å². The highest BCUT2D eigenvalue weighted by atomic mass is 16.5. The lowest BCUT2D eigenvalue weighted by molar-refractivity contribution is -0.688. The Morgan fingerprint density at radius 3 is 2.12 bits per heavy atom. The number of carbonyl (C=O) groups excluding carboxylic acids is 4. The van der Waals surface area contributed by atoms with Crippen LogP contribution < -0.4 is 24.6 Å². The van der Waals surface area contributed by atoms with Crippen LogP contribution in [0.4, 0.5) is 0 Å². The summed E-state index contributed by atoms with van der Waals surface area (Å²) in [6.45, 7) is 6.00. The summed E-state index contributed by atoms with van der Waals surface area (Å²) in [6, 6.07) is 19.9. The number of unbranched alkanes of at least 4 members (excludes halogenated alkanes) is 2. The summed E-state index contributed by atoms with van der Waals surface area (Å²) in [5.74, 6) is -0.417. The normalized spacial score (nSPS) is 11.3. The van der Waals surface area contributed by atoms with E-state index >= 15 is 0 Å². The third-order valence-electron chi connectivity index (χ3n) is 8.65. The van der Waals surface area contributed by atoms with E-state index < -0.39 is 19.1 Å². The van der Waals surface area contributed by atoms with Crippen molar-refractivity contribution >= 4 is 43.5 Å². The predicted octanol–water partition coefficient (Wildman–Crippen LogP) is 2.37. The van der Waals surface area contributed by atoms with Crippen LogP contribution in [0.1, 0.15) is 83.7 Å². The Kier molecular flexibility index (Phi) is 15.2. The lowest BCUT2D eigenvalue weighted by atomic mass is 9.77. The van der Waals surface area contributed by atoms with Crippen molar-refractivity contribution in [2.75, 3.05) is 0 Å². The molecule has 2 heterocycles. The topological polar surface area (TPSA) is 158 Å². The van der Waals surface area contributed by atoms with E-state index in [9.17, 15) is 29.2 Å². The van der Waals surface area contributed by atoms with Gasteiger partial charge in [-0.1, -0.05) is 49.4 Å². The van der Waals surface area contributed by atoms with Gasteiger partial charge in [0.25, 0.3) is 5.91 Å². The maximum Gasteiger partial charge on any atom is 0.569 e. The Labute approximate surface area is 305 Å². The summed E-state index contributed by atoms with van der Waals surface area (Å²) < 4.78 is 8.75. The van der Waals surface area contributed by atoms with Gasteiger partial charge in [-0.3, -0.25) is 19.2 Å². The molecule has 0 aliphatic carbocycles. The number of amides is 1. The van der Waals surface area contributed by atoms with Crippen molar-refractivity contribution in [1.82, 2.24) is 5.32 Å². The van der Waals surface area contributed by atoms with Crippen molar-refractivity contribution in [3.8, 4) is 5.75 Å². The molecular weight excluding hydrogens is 660 g/mol. The summed E-state index contributed by atoms with van der Waals surface area (Å²) in [5, 5.41) is 31.5. The number of hydrogen-bond donors (Lipinski definition) is 4. The fraction of sp³-hybridized carbons (Fsp3) is 0.282. The van der Waals surface area contributed by atoms with Crippen LogP contribution in [0, 0.1) is 0 Å². The van der Waals surface area contributed by atoms with Gasteiger partial charge in [0, 0.05) is 37.0 Å². The van der Waals surface area contributed by atoms with Crippen LogP contribution >= 0.6 is 0 Å². The number of hydrogen-bond acceptors (Lipinski definition) is 8. The van der Waals surface area contributed by atoms with E-state index in [0.29, 0.717) is 73.4 Å². The van der Waals surface area contributed by atoms with E-state index in [1.807, 2.05) is 22.9 Å². The van der Waals surface area contributed by atoms with Gasteiger partial charge in [-0.2, -0.15) is 9.13 Å². The highest BCUT2D eigenvalue weighted by molar-refractivity contribution is 6.59. The number of para-hydroxylation sites is 1. The zero-order valence-electron chi connectivity index (χ0n) is 29.3. The SMILES string of the molecule is C=C(C)C(=O)CCCCCC(=O)C(CCC(=O)c1ccc[n+](Cc2ccccc2O[B]O)c1)NC(=O)c1ccc[n+](Cc2ccccc2B(O)O)c1. The van der Waals surface area contributed by atoms with Crippen LogP contribution in [0.2, 0.25) is 0 Å². The fourth-order valence-corrected chi connectivity index (χ4v) is 5.79. The van der Waals surface area contributed by atoms with Crippen molar-refractivity contribution in [2.45, 2.75) is 71.0 Å². The molecule has 1 amide bonds. The summed E-state index contributed by atoms with van der Waals surface area (Å²) >= 11 is 0. The predicted molar refractivity (Wildman–Crippen MR) is 196 cm³/mol. The van der Waals surface area contributed by atoms with Gasteiger partial charge in [-0.25, -0.2) is 0 Å². The van der Waals surface area contributed by atoms with E-state index in [-0.39, 0.29) is 43.2 Å². The van der Waals surface area contributed by atoms with E-state index in [2.05, 4.69) is 11.9 Å². The molecule has 0 aliphatic rings. The maximum atomic E-state index is 13.5. The Balaban J connectivity index is 1.45. The first-order valence-electron chi connectivity index (χ1n) is 17.2. The first-order chi connectivity index (χ1) is 25.0. The number of nitrogens with one attached hydrogen (secondary N) is 1. The molecule has 267 valence electrons. The smallest absolute Gasteiger partial charge is 0.537 e. The molecule has 2 aromatic heterocycles.